The second-order valence-electron chi connectivity index (χ2n) is 8.16. The van der Waals surface area contributed by atoms with E-state index in [-0.39, 0.29) is 24.6 Å². The van der Waals surface area contributed by atoms with Gasteiger partial charge in [0.15, 0.2) is 0 Å². The number of ether oxygens (including phenoxy) is 1. The van der Waals surface area contributed by atoms with E-state index in [1.165, 1.54) is 17.3 Å². The van der Waals surface area contributed by atoms with Crippen molar-refractivity contribution in [2.24, 2.45) is 0 Å². The molecule has 3 aromatic carbocycles. The Labute approximate surface area is 195 Å². The number of nitrogens with zero attached hydrogens (tertiary/aromatic N) is 3. The first-order valence-corrected chi connectivity index (χ1v) is 10.6. The standard InChI is InChI=1S/C25H24F2N4O3/c1-16(17-3-4-19-10-21(34-2)7-5-18(19)9-17)24(32)29-12-25(33,13-31-15-28-14-30-31)22-8-6-20(26)11-23(22)27/h3-11,14-16,33H,12-13H2,1-2H3,(H,29,32)/t16-,25+/m0/s1. The number of benzene rings is 3. The predicted octanol–water partition coefficient (Wildman–Crippen LogP) is 3.53. The predicted molar refractivity (Wildman–Crippen MR) is 122 cm³/mol. The number of rotatable bonds is 8. The molecule has 0 unspecified atom stereocenters. The van der Waals surface area contributed by atoms with Crippen LogP contribution in [0.3, 0.4) is 0 Å². The number of hydrogen-bond donors (Lipinski definition) is 2. The Morgan fingerprint density at radius 2 is 1.91 bits per heavy atom. The molecule has 1 aromatic heterocycles. The van der Waals surface area contributed by atoms with Crippen molar-refractivity contribution in [3.63, 3.8) is 0 Å². The second-order valence-corrected chi connectivity index (χ2v) is 8.16. The van der Waals surface area contributed by atoms with Crippen molar-refractivity contribution in [2.45, 2.75) is 25.0 Å². The van der Waals surface area contributed by atoms with Gasteiger partial charge in [-0.05, 0) is 41.5 Å². The monoisotopic (exact) mass is 466 g/mol. The molecule has 0 aliphatic heterocycles. The van der Waals surface area contributed by atoms with E-state index in [9.17, 15) is 18.7 Å². The lowest BCUT2D eigenvalue weighted by atomic mass is 9.92. The molecule has 0 bridgehead atoms. The van der Waals surface area contributed by atoms with Gasteiger partial charge < -0.3 is 15.2 Å². The third-order valence-corrected chi connectivity index (χ3v) is 5.84. The van der Waals surface area contributed by atoms with Crippen molar-refractivity contribution >= 4 is 16.7 Å². The molecular formula is C25H24F2N4O3. The average Bonchev–Trinajstić information content (AvgIpc) is 3.34. The molecule has 2 atom stereocenters. The Morgan fingerprint density at radius 1 is 1.15 bits per heavy atom. The highest BCUT2D eigenvalue weighted by Crippen LogP contribution is 2.28. The average molecular weight is 466 g/mol. The fourth-order valence-electron chi connectivity index (χ4n) is 3.86. The van der Waals surface area contributed by atoms with E-state index in [1.54, 1.807) is 14.0 Å². The number of halogens is 2. The second kappa shape index (κ2) is 9.56. The summed E-state index contributed by atoms with van der Waals surface area (Å²) in [6, 6.07) is 14.3. The van der Waals surface area contributed by atoms with Crippen LogP contribution >= 0.6 is 0 Å². The molecule has 4 rings (SSSR count). The minimum Gasteiger partial charge on any atom is -0.497 e. The van der Waals surface area contributed by atoms with Gasteiger partial charge in [-0.3, -0.25) is 4.79 Å². The van der Waals surface area contributed by atoms with Crippen LogP contribution in [0.5, 0.6) is 5.75 Å². The number of nitrogens with one attached hydrogen (secondary N) is 1. The minimum absolute atomic E-state index is 0.156. The van der Waals surface area contributed by atoms with Crippen LogP contribution in [0.15, 0.2) is 67.3 Å². The third kappa shape index (κ3) is 4.89. The number of aromatic nitrogens is 3. The lowest BCUT2D eigenvalue weighted by Crippen LogP contribution is -2.45. The number of carbonyl (C=O) groups is 1. The Hall–Kier alpha value is -3.85. The molecule has 0 fully saturated rings. The molecule has 2 N–H and O–H groups in total. The van der Waals surface area contributed by atoms with Gasteiger partial charge in [0.2, 0.25) is 5.91 Å². The smallest absolute Gasteiger partial charge is 0.227 e. The van der Waals surface area contributed by atoms with Gasteiger partial charge in [0.1, 0.15) is 35.6 Å². The number of aliphatic hydroxyl groups is 1. The summed E-state index contributed by atoms with van der Waals surface area (Å²) in [6.45, 7) is 1.24. The van der Waals surface area contributed by atoms with Crippen LogP contribution in [0.1, 0.15) is 24.0 Å². The lowest BCUT2D eigenvalue weighted by molar-refractivity contribution is -0.123. The maximum atomic E-state index is 14.6. The van der Waals surface area contributed by atoms with Crippen molar-refractivity contribution in [1.82, 2.24) is 20.1 Å². The zero-order chi connectivity index (χ0) is 24.3. The first-order valence-electron chi connectivity index (χ1n) is 10.6. The molecule has 0 radical (unpaired) electrons. The van der Waals surface area contributed by atoms with Crippen LogP contribution in [0.4, 0.5) is 8.78 Å². The van der Waals surface area contributed by atoms with E-state index < -0.39 is 23.2 Å². The molecule has 0 saturated heterocycles. The molecule has 176 valence electrons. The summed E-state index contributed by atoms with van der Waals surface area (Å²) in [5.74, 6) is -1.84. The van der Waals surface area contributed by atoms with Crippen molar-refractivity contribution in [1.29, 1.82) is 0 Å². The summed E-state index contributed by atoms with van der Waals surface area (Å²) in [6.07, 6.45) is 2.64. The molecule has 1 amide bonds. The summed E-state index contributed by atoms with van der Waals surface area (Å²) in [7, 11) is 1.60. The molecule has 1 heterocycles. The first kappa shape index (κ1) is 23.3. The molecular weight excluding hydrogens is 442 g/mol. The van der Waals surface area contributed by atoms with E-state index in [1.807, 2.05) is 36.4 Å². The van der Waals surface area contributed by atoms with Crippen LogP contribution in [-0.2, 0) is 16.9 Å². The Morgan fingerprint density at radius 3 is 2.62 bits per heavy atom. The van der Waals surface area contributed by atoms with Crippen molar-refractivity contribution < 1.29 is 23.4 Å². The molecule has 0 aliphatic carbocycles. The fourth-order valence-corrected chi connectivity index (χ4v) is 3.86. The zero-order valence-electron chi connectivity index (χ0n) is 18.7. The van der Waals surface area contributed by atoms with Crippen LogP contribution in [0.2, 0.25) is 0 Å². The van der Waals surface area contributed by atoms with Crippen molar-refractivity contribution in [2.75, 3.05) is 13.7 Å². The molecule has 0 spiro atoms. The van der Waals surface area contributed by atoms with Crippen molar-refractivity contribution in [3.05, 3.63) is 90.0 Å². The molecule has 0 aliphatic rings. The highest BCUT2D eigenvalue weighted by Gasteiger charge is 2.34. The maximum absolute atomic E-state index is 14.6. The Bertz CT molecular complexity index is 1310. The summed E-state index contributed by atoms with van der Waals surface area (Å²) >= 11 is 0. The number of carbonyl (C=O) groups excluding carboxylic acids is 1. The van der Waals surface area contributed by atoms with E-state index in [0.29, 0.717) is 6.07 Å². The van der Waals surface area contributed by atoms with E-state index in [4.69, 9.17) is 4.74 Å². The normalized spacial score (nSPS) is 13.9. The quantitative estimate of drug-likeness (QED) is 0.415. The fraction of sp³-hybridized carbons (Fsp3) is 0.240. The maximum Gasteiger partial charge on any atom is 0.227 e. The van der Waals surface area contributed by atoms with Gasteiger partial charge in [0, 0.05) is 11.6 Å². The van der Waals surface area contributed by atoms with Crippen molar-refractivity contribution in [3.8, 4) is 5.75 Å². The summed E-state index contributed by atoms with van der Waals surface area (Å²) in [4.78, 5) is 16.8. The van der Waals surface area contributed by atoms with Crippen LogP contribution in [0, 0.1) is 11.6 Å². The van der Waals surface area contributed by atoms with Gasteiger partial charge in [-0.2, -0.15) is 5.10 Å². The van der Waals surface area contributed by atoms with E-state index in [0.717, 1.165) is 34.2 Å². The highest BCUT2D eigenvalue weighted by atomic mass is 19.1. The Kier molecular flexibility index (Phi) is 6.56. The molecule has 9 heteroatoms. The number of amides is 1. The minimum atomic E-state index is -1.89. The lowest BCUT2D eigenvalue weighted by Gasteiger charge is -2.29. The topological polar surface area (TPSA) is 89.3 Å². The summed E-state index contributed by atoms with van der Waals surface area (Å²) in [5.41, 5.74) is -1.26. The molecule has 0 saturated carbocycles. The van der Waals surface area contributed by atoms with Crippen LogP contribution < -0.4 is 10.1 Å². The van der Waals surface area contributed by atoms with Gasteiger partial charge in [0.25, 0.3) is 0 Å². The third-order valence-electron chi connectivity index (χ3n) is 5.84. The molecule has 34 heavy (non-hydrogen) atoms. The van der Waals surface area contributed by atoms with Crippen LogP contribution in [-0.4, -0.2) is 39.4 Å². The first-order chi connectivity index (χ1) is 16.3. The molecule has 4 aromatic rings. The zero-order valence-corrected chi connectivity index (χ0v) is 18.7. The van der Waals surface area contributed by atoms with Gasteiger partial charge >= 0.3 is 0 Å². The largest absolute Gasteiger partial charge is 0.497 e. The number of fused-ring (bicyclic) bond motifs is 1. The SMILES string of the molecule is COc1ccc2cc([C@H](C)C(=O)NC[C@@](O)(Cn3cncn3)c3ccc(F)cc3F)ccc2c1. The molecule has 7 nitrogen and oxygen atoms in total. The summed E-state index contributed by atoms with van der Waals surface area (Å²) in [5, 5.41) is 19.9. The van der Waals surface area contributed by atoms with Gasteiger partial charge in [-0.15, -0.1) is 0 Å². The van der Waals surface area contributed by atoms with Gasteiger partial charge in [-0.25, -0.2) is 18.4 Å². The van der Waals surface area contributed by atoms with Crippen LogP contribution in [0.25, 0.3) is 10.8 Å². The van der Waals surface area contributed by atoms with Gasteiger partial charge in [0.05, 0.1) is 26.1 Å². The highest BCUT2D eigenvalue weighted by molar-refractivity contribution is 5.88. The number of methoxy groups -OCH3 is 1. The summed E-state index contributed by atoms with van der Waals surface area (Å²) < 4.78 is 34.6. The van der Waals surface area contributed by atoms with E-state index >= 15 is 0 Å². The number of hydrogen-bond acceptors (Lipinski definition) is 5. The Balaban J connectivity index is 1.54. The van der Waals surface area contributed by atoms with E-state index in [2.05, 4.69) is 15.4 Å². The van der Waals surface area contributed by atoms with Gasteiger partial charge in [-0.1, -0.05) is 30.3 Å².